The maximum Gasteiger partial charge on any atom is 0.241 e. The highest BCUT2D eigenvalue weighted by Crippen LogP contribution is 2.47. The number of amides is 2. The van der Waals surface area contributed by atoms with Gasteiger partial charge in [0.15, 0.2) is 0 Å². The number of halogens is 2. The zero-order chi connectivity index (χ0) is 32.4. The lowest BCUT2D eigenvalue weighted by Crippen LogP contribution is -2.65. The molecular weight excluding hydrogens is 617 g/mol. The van der Waals surface area contributed by atoms with Crippen LogP contribution in [0.2, 0.25) is 5.02 Å². The molecule has 11 nitrogen and oxygen atoms in total. The minimum atomic E-state index is -0.827. The fraction of sp³-hybridized carbons (Fsp3) is 0.515. The van der Waals surface area contributed by atoms with Gasteiger partial charge in [-0.25, -0.2) is 4.98 Å². The topological polar surface area (TPSA) is 108 Å². The minimum Gasteiger partial charge on any atom is -0.379 e. The van der Waals surface area contributed by atoms with Crippen molar-refractivity contribution in [2.24, 2.45) is 0 Å². The highest BCUT2D eigenvalue weighted by Gasteiger charge is 2.59. The van der Waals surface area contributed by atoms with Crippen molar-refractivity contribution in [3.8, 4) is 12.3 Å². The van der Waals surface area contributed by atoms with Crippen LogP contribution in [0.5, 0.6) is 0 Å². The molecule has 2 amide bonds. The number of ether oxygens (including phenoxy) is 4. The Kier molecular flexibility index (Phi) is 12.0. The normalized spacial score (nSPS) is 15.0. The van der Waals surface area contributed by atoms with E-state index in [1.165, 1.54) is 0 Å². The number of rotatable bonds is 19. The molecule has 4 heterocycles. The van der Waals surface area contributed by atoms with E-state index in [0.29, 0.717) is 75.6 Å². The van der Waals surface area contributed by atoms with Crippen LogP contribution >= 0.6 is 11.6 Å². The standard InChI is InChI=1S/C33H39ClFN5O6/c1-2-12-43-14-16-45-18-19-46-17-15-44-13-8-31(41)38-23-33(24-38)26-7-10-36-21-29(26)40(32(33)42)22-30-37-27-20-25(34)5-6-28(27)39(30)11-4-3-9-35/h1,5-7,10,20-21H,3-4,8-9,11-19,22-24H2. The number of imidazole rings is 1. The summed E-state index contributed by atoms with van der Waals surface area (Å²) in [4.78, 5) is 39.5. The number of aryl methyl sites for hydroxylation is 1. The van der Waals surface area contributed by atoms with E-state index in [9.17, 15) is 14.0 Å². The fourth-order valence-electron chi connectivity index (χ4n) is 5.87. The fourth-order valence-corrected chi connectivity index (χ4v) is 6.04. The lowest BCUT2D eigenvalue weighted by Gasteiger charge is -2.46. The smallest absolute Gasteiger partial charge is 0.241 e. The molecule has 3 aromatic rings. The number of nitrogens with zero attached hydrogens (tertiary/aromatic N) is 5. The first-order chi connectivity index (χ1) is 22.5. The number of carbonyl (C=O) groups is 2. The number of alkyl halides is 1. The summed E-state index contributed by atoms with van der Waals surface area (Å²) in [6.45, 7) is 4.04. The SMILES string of the molecule is C#CCOCCOCCOCCOCCC(=O)N1CC2(C1)C(=O)N(Cc1nc3cc(Cl)ccc3n1CCCCF)c1cnccc12. The van der Waals surface area contributed by atoms with Crippen molar-refractivity contribution in [2.45, 2.75) is 37.8 Å². The molecule has 0 unspecified atom stereocenters. The van der Waals surface area contributed by atoms with E-state index in [4.69, 9.17) is 42.0 Å². The molecular formula is C33H39ClFN5O6. The zero-order valence-electron chi connectivity index (χ0n) is 25.8. The molecule has 0 aliphatic carbocycles. The lowest BCUT2D eigenvalue weighted by atomic mass is 9.74. The molecule has 0 radical (unpaired) electrons. The van der Waals surface area contributed by atoms with Crippen LogP contribution in [-0.4, -0.2) is 104 Å². The molecule has 1 aromatic carbocycles. The third-order valence-electron chi connectivity index (χ3n) is 8.15. The monoisotopic (exact) mass is 655 g/mol. The number of aromatic nitrogens is 3. The van der Waals surface area contributed by atoms with Crippen LogP contribution in [0.25, 0.3) is 11.0 Å². The second-order valence-corrected chi connectivity index (χ2v) is 11.6. The Morgan fingerprint density at radius 3 is 2.46 bits per heavy atom. The van der Waals surface area contributed by atoms with E-state index in [-0.39, 0.29) is 51.1 Å². The molecule has 5 rings (SSSR count). The van der Waals surface area contributed by atoms with Crippen molar-refractivity contribution in [3.05, 3.63) is 53.1 Å². The van der Waals surface area contributed by atoms with Crippen LogP contribution in [0, 0.1) is 12.3 Å². The van der Waals surface area contributed by atoms with E-state index in [1.54, 1.807) is 34.3 Å². The van der Waals surface area contributed by atoms with Gasteiger partial charge in [-0.3, -0.25) is 19.0 Å². The summed E-state index contributed by atoms with van der Waals surface area (Å²) in [6, 6.07) is 7.35. The summed E-state index contributed by atoms with van der Waals surface area (Å²) < 4.78 is 36.5. The highest BCUT2D eigenvalue weighted by molar-refractivity contribution is 6.31. The highest BCUT2D eigenvalue weighted by atomic mass is 35.5. The first kappa shape index (κ1) is 33.8. The number of pyridine rings is 1. The second kappa shape index (κ2) is 16.3. The molecule has 246 valence electrons. The minimum absolute atomic E-state index is 0.0691. The Morgan fingerprint density at radius 1 is 1.02 bits per heavy atom. The van der Waals surface area contributed by atoms with E-state index in [2.05, 4.69) is 10.9 Å². The van der Waals surface area contributed by atoms with E-state index in [1.807, 2.05) is 16.7 Å². The largest absolute Gasteiger partial charge is 0.379 e. The van der Waals surface area contributed by atoms with Crippen molar-refractivity contribution < 1.29 is 32.9 Å². The maximum absolute atomic E-state index is 14.1. The molecule has 0 N–H and O–H groups in total. The van der Waals surface area contributed by atoms with Gasteiger partial charge >= 0.3 is 0 Å². The van der Waals surface area contributed by atoms with Gasteiger partial charge in [-0.05, 0) is 42.7 Å². The van der Waals surface area contributed by atoms with Gasteiger partial charge in [0.2, 0.25) is 11.8 Å². The van der Waals surface area contributed by atoms with Crippen LogP contribution in [0.3, 0.4) is 0 Å². The van der Waals surface area contributed by atoms with Gasteiger partial charge in [0.1, 0.15) is 17.8 Å². The summed E-state index contributed by atoms with van der Waals surface area (Å²) in [5.74, 6) is 2.92. The number of hydrogen-bond acceptors (Lipinski definition) is 8. The molecule has 1 fully saturated rings. The van der Waals surface area contributed by atoms with Crippen LogP contribution in [0.4, 0.5) is 10.1 Å². The van der Waals surface area contributed by atoms with Crippen LogP contribution in [-0.2, 0) is 47.0 Å². The van der Waals surface area contributed by atoms with Crippen LogP contribution in [0.1, 0.15) is 30.7 Å². The molecule has 13 heteroatoms. The van der Waals surface area contributed by atoms with Crippen molar-refractivity contribution in [1.29, 1.82) is 0 Å². The summed E-state index contributed by atoms with van der Waals surface area (Å²) in [7, 11) is 0. The number of anilines is 1. The number of terminal acetylenes is 1. The second-order valence-electron chi connectivity index (χ2n) is 11.2. The van der Waals surface area contributed by atoms with E-state index < -0.39 is 12.1 Å². The summed E-state index contributed by atoms with van der Waals surface area (Å²) in [6.07, 6.45) is 9.76. The number of unbranched alkanes of at least 4 members (excludes halogenated alkanes) is 1. The first-order valence-electron chi connectivity index (χ1n) is 15.5. The quantitative estimate of drug-likeness (QED) is 0.143. The Morgan fingerprint density at radius 2 is 1.74 bits per heavy atom. The summed E-state index contributed by atoms with van der Waals surface area (Å²) in [5, 5.41) is 0.566. The predicted molar refractivity (Wildman–Crippen MR) is 170 cm³/mol. The van der Waals surface area contributed by atoms with Gasteiger partial charge in [0.05, 0.1) is 88.8 Å². The van der Waals surface area contributed by atoms with Crippen molar-refractivity contribution >= 4 is 40.1 Å². The Hall–Kier alpha value is -3.60. The third-order valence-corrected chi connectivity index (χ3v) is 8.39. The Labute approximate surface area is 272 Å². The zero-order valence-corrected chi connectivity index (χ0v) is 26.6. The number of hydrogen-bond donors (Lipinski definition) is 0. The number of carbonyl (C=O) groups excluding carboxylic acids is 2. The van der Waals surface area contributed by atoms with Gasteiger partial charge in [0, 0.05) is 30.9 Å². The number of likely N-dealkylation sites (tertiary alicyclic amines) is 1. The Balaban J connectivity index is 1.11. The molecule has 1 saturated heterocycles. The number of fused-ring (bicyclic) bond motifs is 3. The van der Waals surface area contributed by atoms with Gasteiger partial charge in [-0.1, -0.05) is 17.5 Å². The average molecular weight is 656 g/mol. The summed E-state index contributed by atoms with van der Waals surface area (Å²) >= 11 is 6.23. The van der Waals surface area contributed by atoms with E-state index >= 15 is 0 Å². The van der Waals surface area contributed by atoms with E-state index in [0.717, 1.165) is 16.6 Å². The molecule has 2 aromatic heterocycles. The van der Waals surface area contributed by atoms with Gasteiger partial charge in [-0.15, -0.1) is 6.42 Å². The summed E-state index contributed by atoms with van der Waals surface area (Å²) in [5.41, 5.74) is 2.35. The van der Waals surface area contributed by atoms with Gasteiger partial charge in [0.25, 0.3) is 0 Å². The first-order valence-corrected chi connectivity index (χ1v) is 15.9. The molecule has 2 aliphatic rings. The maximum atomic E-state index is 14.1. The lowest BCUT2D eigenvalue weighted by molar-refractivity contribution is -0.145. The van der Waals surface area contributed by atoms with Gasteiger partial charge in [-0.2, -0.15) is 0 Å². The molecule has 1 spiro atoms. The van der Waals surface area contributed by atoms with Crippen LogP contribution < -0.4 is 4.90 Å². The molecule has 0 atom stereocenters. The molecule has 0 bridgehead atoms. The number of benzene rings is 1. The molecule has 46 heavy (non-hydrogen) atoms. The molecule has 0 saturated carbocycles. The Bertz CT molecular complexity index is 1540. The van der Waals surface area contributed by atoms with Gasteiger partial charge < -0.3 is 33.3 Å². The molecule has 2 aliphatic heterocycles. The van der Waals surface area contributed by atoms with Crippen molar-refractivity contribution in [3.63, 3.8) is 0 Å². The van der Waals surface area contributed by atoms with Crippen molar-refractivity contribution in [2.75, 3.05) is 77.5 Å². The third kappa shape index (κ3) is 7.67. The van der Waals surface area contributed by atoms with Crippen LogP contribution in [0.15, 0.2) is 36.7 Å². The average Bonchev–Trinajstić information content (AvgIpc) is 3.49. The van der Waals surface area contributed by atoms with Crippen molar-refractivity contribution in [1.82, 2.24) is 19.4 Å². The predicted octanol–water partition coefficient (Wildman–Crippen LogP) is 3.55.